The van der Waals surface area contributed by atoms with E-state index in [0.29, 0.717) is 25.3 Å². The second-order valence-corrected chi connectivity index (χ2v) is 8.93. The normalized spacial score (nSPS) is 11.1. The summed E-state index contributed by atoms with van der Waals surface area (Å²) in [4.78, 5) is 50.0. The summed E-state index contributed by atoms with van der Waals surface area (Å²) in [6, 6.07) is 7.36. The lowest BCUT2D eigenvalue weighted by atomic mass is 10.1. The number of likely N-dealkylation sites (N-methyl/N-ethyl adjacent to an activating group) is 1. The summed E-state index contributed by atoms with van der Waals surface area (Å²) < 4.78 is 0. The minimum atomic E-state index is -1.29. The Balaban J connectivity index is 0.00000722. The van der Waals surface area contributed by atoms with Crippen molar-refractivity contribution in [1.29, 1.82) is 0 Å². The number of rotatable bonds is 17. The molecule has 1 aromatic carbocycles. The molecule has 12 nitrogen and oxygen atoms in total. The predicted molar refractivity (Wildman–Crippen MR) is 135 cm³/mol. The molecule has 0 N–H and O–H groups in total. The van der Waals surface area contributed by atoms with E-state index in [1.165, 1.54) is 0 Å². The number of halogens is 2. The molecule has 210 valence electrons. The maximum absolute atomic E-state index is 11.3. The van der Waals surface area contributed by atoms with Crippen molar-refractivity contribution in [3.8, 4) is 0 Å². The Morgan fingerprint density at radius 2 is 1.13 bits per heavy atom. The zero-order valence-corrected chi connectivity index (χ0v) is 21.8. The summed E-state index contributed by atoms with van der Waals surface area (Å²) in [5.74, 6) is -3.37. The Morgan fingerprint density at radius 1 is 0.711 bits per heavy atom. The zero-order valence-electron chi connectivity index (χ0n) is 20.3. The molecule has 38 heavy (non-hydrogen) atoms. The molecule has 0 amide bonds. The van der Waals surface area contributed by atoms with Crippen LogP contribution < -0.4 is 15.3 Å². The van der Waals surface area contributed by atoms with Crippen LogP contribution in [0.4, 0.5) is 0 Å². The minimum absolute atomic E-state index is 0. The number of nitrogens with zero attached hydrogens (tertiary/aromatic N) is 6. The average Bonchev–Trinajstić information content (AvgIpc) is 2.79. The Bertz CT molecular complexity index is 1040. The van der Waals surface area contributed by atoms with Gasteiger partial charge in [-0.2, -0.15) is 4.98 Å². The van der Waals surface area contributed by atoms with E-state index in [4.69, 9.17) is 23.2 Å². The predicted octanol–water partition coefficient (Wildman–Crippen LogP) is -1.92. The van der Waals surface area contributed by atoms with Gasteiger partial charge >= 0.3 is 0 Å². The van der Waals surface area contributed by atoms with Crippen LogP contribution in [0.1, 0.15) is 31.3 Å². The number of carboxylic acids is 3. The zero-order chi connectivity index (χ0) is 27.4. The topological polar surface area (TPSA) is 169 Å². The van der Waals surface area contributed by atoms with Crippen LogP contribution in [0.15, 0.2) is 24.3 Å². The fourth-order valence-corrected chi connectivity index (χ4v) is 3.99. The van der Waals surface area contributed by atoms with Crippen molar-refractivity contribution in [3.05, 3.63) is 51.8 Å². The van der Waals surface area contributed by atoms with Gasteiger partial charge in [-0.1, -0.05) is 38.6 Å². The van der Waals surface area contributed by atoms with E-state index in [-0.39, 0.29) is 63.8 Å². The van der Waals surface area contributed by atoms with E-state index >= 15 is 0 Å². The monoisotopic (exact) mass is 569 g/mol. The summed E-state index contributed by atoms with van der Waals surface area (Å²) in [5.41, 5.74) is 1.71. The highest BCUT2D eigenvalue weighted by Gasteiger charge is 2.13. The summed E-state index contributed by atoms with van der Waals surface area (Å²) in [6.07, 6.45) is 0.371. The fraction of sp³-hybridized carbons (Fsp3) is 0.500. The molecule has 0 saturated carbocycles. The molecule has 14 heteroatoms. The summed E-state index contributed by atoms with van der Waals surface area (Å²) in [5, 5.41) is 33.4. The molecule has 2 aromatic rings. The fourth-order valence-electron chi connectivity index (χ4n) is 3.59. The van der Waals surface area contributed by atoms with Gasteiger partial charge in [-0.15, -0.1) is 0 Å². The quantitative estimate of drug-likeness (QED) is 0.207. The van der Waals surface area contributed by atoms with Crippen molar-refractivity contribution in [2.75, 3.05) is 52.4 Å². The molecule has 0 aliphatic heterocycles. The van der Waals surface area contributed by atoms with Crippen LogP contribution in [0.2, 0.25) is 10.6 Å². The van der Waals surface area contributed by atoms with Crippen LogP contribution in [0.3, 0.4) is 0 Å². The van der Waals surface area contributed by atoms with Crippen molar-refractivity contribution in [2.24, 2.45) is 0 Å². The van der Waals surface area contributed by atoms with Crippen molar-refractivity contribution < 1.29 is 29.7 Å². The first kappa shape index (κ1) is 33.1. The van der Waals surface area contributed by atoms with Gasteiger partial charge in [-0.05, 0) is 40.9 Å². The summed E-state index contributed by atoms with van der Waals surface area (Å²) >= 11 is 11.6. The molecule has 0 bridgehead atoms. The molecule has 1 aromatic heterocycles. The van der Waals surface area contributed by atoms with Crippen LogP contribution in [0.25, 0.3) is 0 Å². The lowest BCUT2D eigenvalue weighted by Crippen LogP contribution is -2.47. The van der Waals surface area contributed by atoms with Gasteiger partial charge in [0.1, 0.15) is 5.82 Å². The second-order valence-electron chi connectivity index (χ2n) is 8.25. The number of carbonyl (C=O) groups excluding carboxylic acids is 3. The van der Waals surface area contributed by atoms with Crippen molar-refractivity contribution in [3.63, 3.8) is 0 Å². The lowest BCUT2D eigenvalue weighted by molar-refractivity contribution is -0.308. The van der Waals surface area contributed by atoms with Gasteiger partial charge in [0.05, 0.1) is 17.9 Å². The molecule has 0 fully saturated rings. The first-order valence-corrected chi connectivity index (χ1v) is 12.2. The van der Waals surface area contributed by atoms with Crippen molar-refractivity contribution in [1.82, 2.24) is 29.7 Å². The standard InChI is InChI=1S/C23H30Cl2N6O6.CH4/c1-2-29(13-19(32)33)7-8-30(14-20(34)35)9-10-31(15-21(36)37)12-17-5-3-16(4-6-17)11-18-26-22(24)28-23(25)27-18;/h3-6H,2,7-15H2,1H3,(H,32,33)(H,34,35)(H,36,37);1H4/p-3. The second kappa shape index (κ2) is 16.8. The smallest absolute Gasteiger partial charge is 0.226 e. The molecule has 0 unspecified atom stereocenters. The average molecular weight is 570 g/mol. The number of aromatic nitrogens is 3. The van der Waals surface area contributed by atoms with Gasteiger partial charge in [0, 0.05) is 58.8 Å². The van der Waals surface area contributed by atoms with E-state index in [0.717, 1.165) is 11.1 Å². The number of carbonyl (C=O) groups is 3. The Labute approximate surface area is 231 Å². The Morgan fingerprint density at radius 3 is 1.63 bits per heavy atom. The molecule has 1 heterocycles. The maximum Gasteiger partial charge on any atom is 0.226 e. The first-order valence-electron chi connectivity index (χ1n) is 11.4. The lowest BCUT2D eigenvalue weighted by Gasteiger charge is -2.30. The van der Waals surface area contributed by atoms with Crippen molar-refractivity contribution >= 4 is 41.1 Å². The van der Waals surface area contributed by atoms with Gasteiger partial charge < -0.3 is 29.7 Å². The largest absolute Gasteiger partial charge is 0.549 e. The molecular formula is C24H31Cl2N6O6-3. The molecular weight excluding hydrogens is 539 g/mol. The third-order valence-electron chi connectivity index (χ3n) is 5.39. The number of aliphatic carboxylic acids is 3. The number of hydrogen-bond acceptors (Lipinski definition) is 12. The highest BCUT2D eigenvalue weighted by molar-refractivity contribution is 6.31. The van der Waals surface area contributed by atoms with Crippen molar-refractivity contribution in [2.45, 2.75) is 27.3 Å². The van der Waals surface area contributed by atoms with Crippen LogP contribution in [0, 0.1) is 0 Å². The van der Waals surface area contributed by atoms with Gasteiger partial charge in [0.15, 0.2) is 0 Å². The molecule has 0 spiro atoms. The van der Waals surface area contributed by atoms with Gasteiger partial charge in [-0.25, -0.2) is 9.97 Å². The van der Waals surface area contributed by atoms with E-state index in [9.17, 15) is 29.7 Å². The highest BCUT2D eigenvalue weighted by Crippen LogP contribution is 2.13. The molecule has 0 atom stereocenters. The van der Waals surface area contributed by atoms with Gasteiger partial charge in [0.2, 0.25) is 10.6 Å². The van der Waals surface area contributed by atoms with Crippen LogP contribution in [-0.2, 0) is 27.3 Å². The van der Waals surface area contributed by atoms with E-state index in [1.54, 1.807) is 21.6 Å². The van der Waals surface area contributed by atoms with E-state index < -0.39 is 17.9 Å². The third kappa shape index (κ3) is 13.1. The Hall–Kier alpha value is -2.90. The minimum Gasteiger partial charge on any atom is -0.549 e. The molecule has 2 rings (SSSR count). The number of hydrogen-bond donors (Lipinski definition) is 0. The molecule has 0 aliphatic carbocycles. The van der Waals surface area contributed by atoms with Gasteiger partial charge in [0.25, 0.3) is 0 Å². The third-order valence-corrected chi connectivity index (χ3v) is 5.73. The Kier molecular flexibility index (Phi) is 14.7. The maximum atomic E-state index is 11.3. The van der Waals surface area contributed by atoms with Crippen LogP contribution in [0.5, 0.6) is 0 Å². The number of benzene rings is 1. The molecule has 0 radical (unpaired) electrons. The van der Waals surface area contributed by atoms with E-state index in [1.807, 2.05) is 24.3 Å². The molecule has 0 aliphatic rings. The van der Waals surface area contributed by atoms with Gasteiger partial charge in [-0.3, -0.25) is 14.7 Å². The summed E-state index contributed by atoms with van der Waals surface area (Å²) in [7, 11) is 0. The SMILES string of the molecule is C.CCN(CCN(CCN(CC(=O)[O-])Cc1ccc(Cc2nc(Cl)nc(Cl)n2)cc1)CC(=O)[O-])CC(=O)[O-]. The number of carboxylic acid groups (broad SMARTS) is 3. The van der Waals surface area contributed by atoms with E-state index in [2.05, 4.69) is 15.0 Å². The highest BCUT2D eigenvalue weighted by atomic mass is 35.5. The van der Waals surface area contributed by atoms with Crippen LogP contribution >= 0.6 is 23.2 Å². The molecule has 0 saturated heterocycles. The summed E-state index contributed by atoms with van der Waals surface area (Å²) in [6.45, 7) is 2.54. The van der Waals surface area contributed by atoms with Crippen LogP contribution in [-0.4, -0.2) is 99.9 Å². The first-order chi connectivity index (χ1) is 17.5.